The van der Waals surface area contributed by atoms with Crippen molar-refractivity contribution in [3.05, 3.63) is 90.2 Å². The standard InChI is InChI=1S/C19H16FOP/c1-15-12-13-18(20)19(14-15)22(21,16-8-4-2-5-9-16)17-10-6-3-7-11-17/h2-14H,1H3. The van der Waals surface area contributed by atoms with Gasteiger partial charge >= 0.3 is 0 Å². The molecule has 0 spiro atoms. The van der Waals surface area contributed by atoms with Gasteiger partial charge in [-0.3, -0.25) is 0 Å². The van der Waals surface area contributed by atoms with E-state index in [0.717, 1.165) is 5.56 Å². The fourth-order valence-electron chi connectivity index (χ4n) is 2.57. The van der Waals surface area contributed by atoms with Crippen LogP contribution < -0.4 is 15.9 Å². The molecule has 3 rings (SSSR count). The second kappa shape index (κ2) is 5.90. The van der Waals surface area contributed by atoms with E-state index in [1.165, 1.54) is 6.07 Å². The van der Waals surface area contributed by atoms with Gasteiger partial charge in [-0.05, 0) is 19.1 Å². The van der Waals surface area contributed by atoms with Gasteiger partial charge < -0.3 is 4.57 Å². The lowest BCUT2D eigenvalue weighted by Crippen LogP contribution is -2.27. The highest BCUT2D eigenvalue weighted by Crippen LogP contribution is 2.43. The van der Waals surface area contributed by atoms with Crippen LogP contribution in [0.25, 0.3) is 0 Å². The Kier molecular flexibility index (Phi) is 3.96. The van der Waals surface area contributed by atoms with Crippen molar-refractivity contribution in [2.24, 2.45) is 0 Å². The van der Waals surface area contributed by atoms with Crippen LogP contribution in [0, 0.1) is 12.7 Å². The molecule has 0 saturated carbocycles. The number of benzene rings is 3. The van der Waals surface area contributed by atoms with E-state index in [9.17, 15) is 8.96 Å². The minimum absolute atomic E-state index is 0.268. The van der Waals surface area contributed by atoms with Crippen molar-refractivity contribution in [2.75, 3.05) is 0 Å². The van der Waals surface area contributed by atoms with Gasteiger partial charge in [-0.15, -0.1) is 0 Å². The second-order valence-electron chi connectivity index (χ2n) is 5.24. The lowest BCUT2D eigenvalue weighted by molar-refractivity contribution is 0.588. The Morgan fingerprint density at radius 1 is 0.773 bits per heavy atom. The van der Waals surface area contributed by atoms with Crippen LogP contribution in [0.1, 0.15) is 5.56 Å². The number of hydrogen-bond donors (Lipinski definition) is 0. The van der Waals surface area contributed by atoms with Crippen LogP contribution in [-0.4, -0.2) is 0 Å². The molecule has 0 heterocycles. The van der Waals surface area contributed by atoms with E-state index in [-0.39, 0.29) is 5.30 Å². The maximum atomic E-state index is 14.5. The summed E-state index contributed by atoms with van der Waals surface area (Å²) in [7, 11) is -3.22. The molecule has 0 radical (unpaired) electrons. The minimum atomic E-state index is -3.22. The predicted octanol–water partition coefficient (Wildman–Crippen LogP) is 3.77. The predicted molar refractivity (Wildman–Crippen MR) is 90.5 cm³/mol. The van der Waals surface area contributed by atoms with Gasteiger partial charge in [-0.25, -0.2) is 4.39 Å². The third kappa shape index (κ3) is 2.51. The first-order valence-electron chi connectivity index (χ1n) is 7.10. The van der Waals surface area contributed by atoms with Gasteiger partial charge in [0.05, 0.1) is 5.30 Å². The van der Waals surface area contributed by atoms with E-state index >= 15 is 0 Å². The normalized spacial score (nSPS) is 11.4. The average molecular weight is 310 g/mol. The molecule has 0 saturated heterocycles. The third-order valence-corrected chi connectivity index (χ3v) is 6.75. The number of aryl methyl sites for hydroxylation is 1. The highest BCUT2D eigenvalue weighted by molar-refractivity contribution is 7.85. The van der Waals surface area contributed by atoms with Crippen LogP contribution in [0.15, 0.2) is 78.9 Å². The van der Waals surface area contributed by atoms with Crippen LogP contribution in [0.3, 0.4) is 0 Å². The van der Waals surface area contributed by atoms with Gasteiger partial charge in [-0.2, -0.15) is 0 Å². The molecule has 0 bridgehead atoms. The maximum absolute atomic E-state index is 14.5. The Balaban J connectivity index is 2.34. The Labute approximate surface area is 129 Å². The van der Waals surface area contributed by atoms with Crippen molar-refractivity contribution < 1.29 is 8.96 Å². The zero-order valence-electron chi connectivity index (χ0n) is 12.2. The number of hydrogen-bond acceptors (Lipinski definition) is 1. The van der Waals surface area contributed by atoms with Crippen molar-refractivity contribution in [3.63, 3.8) is 0 Å². The smallest absolute Gasteiger partial charge is 0.173 e. The molecule has 0 atom stereocenters. The Morgan fingerprint density at radius 2 is 1.27 bits per heavy atom. The topological polar surface area (TPSA) is 17.1 Å². The van der Waals surface area contributed by atoms with Gasteiger partial charge in [0.15, 0.2) is 7.14 Å². The van der Waals surface area contributed by atoms with E-state index < -0.39 is 13.0 Å². The van der Waals surface area contributed by atoms with Gasteiger partial charge in [0.1, 0.15) is 5.82 Å². The molecule has 22 heavy (non-hydrogen) atoms. The molecular weight excluding hydrogens is 294 g/mol. The molecule has 0 unspecified atom stereocenters. The third-order valence-electron chi connectivity index (χ3n) is 3.68. The van der Waals surface area contributed by atoms with Crippen LogP contribution >= 0.6 is 7.14 Å². The minimum Gasteiger partial charge on any atom is -0.309 e. The van der Waals surface area contributed by atoms with E-state index in [1.807, 2.05) is 43.3 Å². The highest BCUT2D eigenvalue weighted by atomic mass is 31.2. The largest absolute Gasteiger partial charge is 0.309 e. The van der Waals surface area contributed by atoms with Crippen LogP contribution in [0.5, 0.6) is 0 Å². The zero-order valence-corrected chi connectivity index (χ0v) is 13.1. The van der Waals surface area contributed by atoms with Gasteiger partial charge in [0.25, 0.3) is 0 Å². The Bertz CT molecular complexity index is 785. The fourth-order valence-corrected chi connectivity index (χ4v) is 5.37. The molecule has 110 valence electrons. The molecular formula is C19H16FOP. The number of halogens is 1. The van der Waals surface area contributed by atoms with Crippen molar-refractivity contribution in [1.82, 2.24) is 0 Å². The molecule has 3 aromatic carbocycles. The second-order valence-corrected chi connectivity index (χ2v) is 7.97. The quantitative estimate of drug-likeness (QED) is 0.673. The molecule has 0 N–H and O–H groups in total. The molecule has 0 aromatic heterocycles. The molecule has 0 aliphatic heterocycles. The van der Waals surface area contributed by atoms with Crippen LogP contribution in [-0.2, 0) is 4.57 Å². The summed E-state index contributed by atoms with van der Waals surface area (Å²) in [6.45, 7) is 1.88. The van der Waals surface area contributed by atoms with Crippen molar-refractivity contribution in [3.8, 4) is 0 Å². The lowest BCUT2D eigenvalue weighted by Gasteiger charge is -2.20. The van der Waals surface area contributed by atoms with Crippen molar-refractivity contribution >= 4 is 23.1 Å². The first-order valence-corrected chi connectivity index (χ1v) is 8.81. The van der Waals surface area contributed by atoms with E-state index in [2.05, 4.69) is 0 Å². The van der Waals surface area contributed by atoms with Gasteiger partial charge in [0, 0.05) is 10.6 Å². The zero-order chi connectivity index (χ0) is 15.6. The van der Waals surface area contributed by atoms with Crippen molar-refractivity contribution in [1.29, 1.82) is 0 Å². The summed E-state index contributed by atoms with van der Waals surface area (Å²) in [6, 6.07) is 23.0. The van der Waals surface area contributed by atoms with Crippen LogP contribution in [0.4, 0.5) is 4.39 Å². The van der Waals surface area contributed by atoms with E-state index in [0.29, 0.717) is 10.6 Å². The van der Waals surface area contributed by atoms with Gasteiger partial charge in [-0.1, -0.05) is 72.3 Å². The molecule has 0 fully saturated rings. The highest BCUT2D eigenvalue weighted by Gasteiger charge is 2.32. The summed E-state index contributed by atoms with van der Waals surface area (Å²) >= 11 is 0. The maximum Gasteiger partial charge on any atom is 0.173 e. The summed E-state index contributed by atoms with van der Waals surface area (Å²) in [5.41, 5.74) is 0.892. The fraction of sp³-hybridized carbons (Fsp3) is 0.0526. The molecule has 3 heteroatoms. The SMILES string of the molecule is Cc1ccc(F)c(P(=O)(c2ccccc2)c2ccccc2)c1. The molecule has 0 aliphatic carbocycles. The van der Waals surface area contributed by atoms with Crippen LogP contribution in [0.2, 0.25) is 0 Å². The average Bonchev–Trinajstić information content (AvgIpc) is 2.58. The Morgan fingerprint density at radius 3 is 1.77 bits per heavy atom. The molecule has 0 aliphatic rings. The number of rotatable bonds is 3. The first kappa shape index (κ1) is 14.7. The summed E-state index contributed by atoms with van der Waals surface area (Å²) in [4.78, 5) is 0. The molecule has 1 nitrogen and oxygen atoms in total. The van der Waals surface area contributed by atoms with E-state index in [1.54, 1.807) is 36.4 Å². The summed E-state index contributed by atoms with van der Waals surface area (Å²) in [5, 5.41) is 1.56. The summed E-state index contributed by atoms with van der Waals surface area (Å²) in [5.74, 6) is -0.429. The Hall–Kier alpha value is -2.18. The lowest BCUT2D eigenvalue weighted by atomic mass is 10.2. The van der Waals surface area contributed by atoms with E-state index in [4.69, 9.17) is 0 Å². The van der Waals surface area contributed by atoms with Gasteiger partial charge in [0.2, 0.25) is 0 Å². The molecule has 3 aromatic rings. The molecule has 0 amide bonds. The summed E-state index contributed by atoms with van der Waals surface area (Å²) in [6.07, 6.45) is 0. The first-order chi connectivity index (χ1) is 10.6. The monoisotopic (exact) mass is 310 g/mol. The summed E-state index contributed by atoms with van der Waals surface area (Å²) < 4.78 is 28.4. The van der Waals surface area contributed by atoms with Crippen molar-refractivity contribution in [2.45, 2.75) is 6.92 Å².